The van der Waals surface area contributed by atoms with Crippen LogP contribution in [-0.2, 0) is 6.54 Å². The number of pyridine rings is 2. The summed E-state index contributed by atoms with van der Waals surface area (Å²) in [6, 6.07) is 22.0. The second kappa shape index (κ2) is 11.5. The molecule has 1 aliphatic heterocycles. The van der Waals surface area contributed by atoms with Crippen molar-refractivity contribution in [2.24, 2.45) is 0 Å². The Kier molecular flexibility index (Phi) is 7.13. The van der Waals surface area contributed by atoms with Gasteiger partial charge in [0.1, 0.15) is 28.9 Å². The van der Waals surface area contributed by atoms with Crippen molar-refractivity contribution in [2.45, 2.75) is 32.4 Å². The summed E-state index contributed by atoms with van der Waals surface area (Å²) in [6.45, 7) is 4.64. The molecule has 12 heteroatoms. The number of rotatable bonds is 7. The minimum absolute atomic E-state index is 0.178. The number of fused-ring (bicyclic) bond motifs is 1. The lowest BCUT2D eigenvalue weighted by Gasteiger charge is -2.32. The molecule has 0 radical (unpaired) electrons. The summed E-state index contributed by atoms with van der Waals surface area (Å²) >= 11 is 0. The van der Waals surface area contributed by atoms with Gasteiger partial charge in [0.2, 0.25) is 5.82 Å². The first-order chi connectivity index (χ1) is 21.5. The molecule has 44 heavy (non-hydrogen) atoms. The molecular formula is C32H29N11O. The van der Waals surface area contributed by atoms with Gasteiger partial charge in [0.25, 0.3) is 0 Å². The highest BCUT2D eigenvalue weighted by molar-refractivity contribution is 5.84. The van der Waals surface area contributed by atoms with Crippen molar-refractivity contribution in [1.82, 2.24) is 39.5 Å². The minimum atomic E-state index is 0.178. The van der Waals surface area contributed by atoms with Crippen molar-refractivity contribution < 1.29 is 4.52 Å². The minimum Gasteiger partial charge on any atom is -0.383 e. The summed E-state index contributed by atoms with van der Waals surface area (Å²) in [5, 5.41) is 16.5. The van der Waals surface area contributed by atoms with Crippen molar-refractivity contribution in [3.8, 4) is 34.6 Å². The molecule has 0 spiro atoms. The van der Waals surface area contributed by atoms with Crippen LogP contribution >= 0.6 is 0 Å². The molecule has 3 N–H and O–H groups in total. The molecule has 1 aliphatic rings. The number of likely N-dealkylation sites (tertiary alicyclic amines) is 1. The lowest BCUT2D eigenvalue weighted by atomic mass is 10.0. The molecule has 0 saturated carbocycles. The second-order valence-electron chi connectivity index (χ2n) is 10.8. The fraction of sp³-hybridized carbons (Fsp3) is 0.219. The van der Waals surface area contributed by atoms with Gasteiger partial charge < -0.3 is 15.6 Å². The van der Waals surface area contributed by atoms with E-state index in [9.17, 15) is 0 Å². The Bertz CT molecular complexity index is 1980. The molecule has 1 saturated heterocycles. The molecular weight excluding hydrogens is 554 g/mol. The van der Waals surface area contributed by atoms with E-state index in [-0.39, 0.29) is 5.82 Å². The number of nitrogens with one attached hydrogen (secondary N) is 1. The van der Waals surface area contributed by atoms with Gasteiger partial charge in [0, 0.05) is 49.8 Å². The largest absolute Gasteiger partial charge is 0.383 e. The van der Waals surface area contributed by atoms with E-state index in [1.807, 2.05) is 47.9 Å². The zero-order valence-electron chi connectivity index (χ0n) is 24.1. The fourth-order valence-electron chi connectivity index (χ4n) is 5.56. The van der Waals surface area contributed by atoms with Gasteiger partial charge in [-0.3, -0.25) is 9.47 Å². The fourth-order valence-corrected chi connectivity index (χ4v) is 5.56. The molecule has 0 unspecified atom stereocenters. The molecule has 0 bridgehead atoms. The van der Waals surface area contributed by atoms with Gasteiger partial charge in [0.15, 0.2) is 17.2 Å². The van der Waals surface area contributed by atoms with Crippen LogP contribution < -0.4 is 11.1 Å². The van der Waals surface area contributed by atoms with E-state index in [4.69, 9.17) is 25.5 Å². The molecule has 6 aromatic rings. The van der Waals surface area contributed by atoms with Gasteiger partial charge in [-0.2, -0.15) is 5.26 Å². The van der Waals surface area contributed by atoms with Crippen LogP contribution in [0.2, 0.25) is 0 Å². The summed E-state index contributed by atoms with van der Waals surface area (Å²) in [4.78, 5) is 24.8. The first-order valence-electron chi connectivity index (χ1n) is 14.4. The van der Waals surface area contributed by atoms with E-state index in [1.165, 1.54) is 5.56 Å². The van der Waals surface area contributed by atoms with Gasteiger partial charge in [-0.1, -0.05) is 17.3 Å². The normalized spacial score (nSPS) is 14.1. The Hall–Kier alpha value is -5.67. The SMILES string of the molecule is Cc1cc(-c2ccc3nc(-c4cccnc4N)n(-c4ccc(CN5CCC(Nc6ccnc(C#N)n6)CC5)cc4)c3n2)on1. The Morgan fingerprint density at radius 1 is 1.00 bits per heavy atom. The topological polar surface area (TPSA) is 160 Å². The maximum atomic E-state index is 9.06. The van der Waals surface area contributed by atoms with Crippen LogP contribution in [0.3, 0.4) is 0 Å². The first kappa shape index (κ1) is 27.2. The zero-order chi connectivity index (χ0) is 30.0. The number of aryl methyl sites for hydroxylation is 1. The summed E-state index contributed by atoms with van der Waals surface area (Å²) < 4.78 is 7.51. The molecule has 0 amide bonds. The van der Waals surface area contributed by atoms with Crippen molar-refractivity contribution in [3.63, 3.8) is 0 Å². The molecule has 12 nitrogen and oxygen atoms in total. The third kappa shape index (κ3) is 5.44. The highest BCUT2D eigenvalue weighted by Crippen LogP contribution is 2.32. The molecule has 7 rings (SSSR count). The van der Waals surface area contributed by atoms with E-state index in [2.05, 4.69) is 54.6 Å². The van der Waals surface area contributed by atoms with Crippen LogP contribution in [0.1, 0.15) is 29.9 Å². The summed E-state index contributed by atoms with van der Waals surface area (Å²) in [6.07, 6.45) is 5.25. The molecule has 1 aromatic carbocycles. The van der Waals surface area contributed by atoms with Crippen LogP contribution in [0.15, 0.2) is 77.6 Å². The smallest absolute Gasteiger partial charge is 0.234 e. The van der Waals surface area contributed by atoms with Crippen molar-refractivity contribution >= 4 is 22.8 Å². The Morgan fingerprint density at radius 2 is 1.84 bits per heavy atom. The van der Waals surface area contributed by atoms with Crippen LogP contribution in [0.5, 0.6) is 0 Å². The number of benzene rings is 1. The Morgan fingerprint density at radius 3 is 2.59 bits per heavy atom. The van der Waals surface area contributed by atoms with Crippen molar-refractivity contribution in [1.29, 1.82) is 5.26 Å². The lowest BCUT2D eigenvalue weighted by molar-refractivity contribution is 0.211. The molecule has 6 heterocycles. The second-order valence-corrected chi connectivity index (χ2v) is 10.8. The van der Waals surface area contributed by atoms with Crippen molar-refractivity contribution in [3.05, 3.63) is 90.1 Å². The number of hydrogen-bond donors (Lipinski definition) is 2. The summed E-state index contributed by atoms with van der Waals surface area (Å²) in [7, 11) is 0. The quantitative estimate of drug-likeness (QED) is 0.266. The highest BCUT2D eigenvalue weighted by atomic mass is 16.5. The van der Waals surface area contributed by atoms with E-state index in [0.717, 1.165) is 54.9 Å². The van der Waals surface area contributed by atoms with E-state index < -0.39 is 0 Å². The average Bonchev–Trinajstić information content (AvgIpc) is 3.66. The van der Waals surface area contributed by atoms with Gasteiger partial charge in [-0.05, 0) is 67.8 Å². The number of anilines is 2. The number of nitrogens with two attached hydrogens (primary N) is 1. The highest BCUT2D eigenvalue weighted by Gasteiger charge is 2.21. The van der Waals surface area contributed by atoms with Crippen LogP contribution in [-0.4, -0.2) is 58.7 Å². The third-order valence-corrected chi connectivity index (χ3v) is 7.76. The van der Waals surface area contributed by atoms with E-state index >= 15 is 0 Å². The molecule has 5 aromatic heterocycles. The van der Waals surface area contributed by atoms with E-state index in [1.54, 1.807) is 18.5 Å². The third-order valence-electron chi connectivity index (χ3n) is 7.76. The monoisotopic (exact) mass is 583 g/mol. The number of imidazole rings is 1. The van der Waals surface area contributed by atoms with Gasteiger partial charge in [-0.15, -0.1) is 0 Å². The Labute approximate surface area is 253 Å². The lowest BCUT2D eigenvalue weighted by Crippen LogP contribution is -2.38. The van der Waals surface area contributed by atoms with Crippen LogP contribution in [0.25, 0.3) is 39.7 Å². The molecule has 1 fully saturated rings. The van der Waals surface area contributed by atoms with E-state index in [0.29, 0.717) is 40.6 Å². The van der Waals surface area contributed by atoms with Crippen molar-refractivity contribution in [2.75, 3.05) is 24.1 Å². The standard InChI is InChI=1S/C32H29N11O/c1-20-17-27(44-41-20)25-8-9-26-32(38-25)43(31(39-26)24-3-2-13-36-30(24)34)23-6-4-21(5-7-23)19-42-15-11-22(12-16-42)37-28-10-14-35-29(18-33)40-28/h2-10,13-14,17,22H,11-12,15-16,19H2,1H3,(H2,34,36)(H,35,37,40). The predicted octanol–water partition coefficient (Wildman–Crippen LogP) is 4.77. The van der Waals surface area contributed by atoms with Gasteiger partial charge >= 0.3 is 0 Å². The Balaban J connectivity index is 1.13. The van der Waals surface area contributed by atoms with Gasteiger partial charge in [0.05, 0.1) is 11.3 Å². The summed E-state index contributed by atoms with van der Waals surface area (Å²) in [5.41, 5.74) is 12.0. The first-order valence-corrected chi connectivity index (χ1v) is 14.4. The zero-order valence-corrected chi connectivity index (χ0v) is 24.1. The molecule has 218 valence electrons. The van der Waals surface area contributed by atoms with Crippen LogP contribution in [0, 0.1) is 18.3 Å². The number of nitrogens with zero attached hydrogens (tertiary/aromatic N) is 9. The van der Waals surface area contributed by atoms with Gasteiger partial charge in [-0.25, -0.2) is 24.9 Å². The number of aromatic nitrogens is 7. The molecule has 0 aliphatic carbocycles. The maximum absolute atomic E-state index is 9.06. The summed E-state index contributed by atoms with van der Waals surface area (Å²) in [5.74, 6) is 2.53. The number of nitriles is 1. The maximum Gasteiger partial charge on any atom is 0.234 e. The number of hydrogen-bond acceptors (Lipinski definition) is 11. The average molecular weight is 584 g/mol. The number of nitrogen functional groups attached to an aromatic ring is 1. The predicted molar refractivity (Wildman–Crippen MR) is 165 cm³/mol. The number of piperidine rings is 1. The molecule has 0 atom stereocenters. The van der Waals surface area contributed by atoms with Crippen LogP contribution in [0.4, 0.5) is 11.6 Å².